The first-order valence-electron chi connectivity index (χ1n) is 7.74. The lowest BCUT2D eigenvalue weighted by Crippen LogP contribution is -2.38. The molecule has 0 spiro atoms. The topological polar surface area (TPSA) is 55.4 Å². The zero-order valence-electron chi connectivity index (χ0n) is 12.6. The van der Waals surface area contributed by atoms with Crippen LogP contribution >= 0.6 is 0 Å². The molecule has 1 aliphatic rings. The number of nitrogens with one attached hydrogen (secondary N) is 1. The van der Waals surface area contributed by atoms with Crippen LogP contribution in [0.2, 0.25) is 0 Å². The minimum absolute atomic E-state index is 0.204. The van der Waals surface area contributed by atoms with Crippen LogP contribution in [0.4, 0.5) is 0 Å². The second kappa shape index (κ2) is 7.81. The number of benzene rings is 1. The fraction of sp³-hybridized carbons (Fsp3) is 0.529. The molecule has 0 bridgehead atoms. The van der Waals surface area contributed by atoms with E-state index in [0.717, 1.165) is 32.1 Å². The smallest absolute Gasteiger partial charge is 0.338 e. The maximum Gasteiger partial charge on any atom is 0.338 e. The van der Waals surface area contributed by atoms with Crippen molar-refractivity contribution < 1.29 is 14.3 Å². The Bertz CT molecular complexity index is 475. The van der Waals surface area contributed by atoms with Crippen LogP contribution in [-0.4, -0.2) is 24.5 Å². The first-order valence-corrected chi connectivity index (χ1v) is 7.74. The molecule has 1 aromatic carbocycles. The standard InChI is InChI=1S/C17H23NO3/c1-2-13-8-10-14(11-9-13)17(20)21-12-16(19)18-15-6-4-3-5-7-15/h8-11,15H,2-7,12H2,1H3,(H,18,19). The molecule has 0 aromatic heterocycles. The summed E-state index contributed by atoms with van der Waals surface area (Å²) in [6.45, 7) is 1.85. The molecule has 1 N–H and O–H groups in total. The van der Waals surface area contributed by atoms with E-state index in [4.69, 9.17) is 4.74 Å². The van der Waals surface area contributed by atoms with Gasteiger partial charge < -0.3 is 10.1 Å². The summed E-state index contributed by atoms with van der Waals surface area (Å²) in [5.74, 6) is -0.656. The Morgan fingerprint density at radius 2 is 1.81 bits per heavy atom. The summed E-state index contributed by atoms with van der Waals surface area (Å²) in [5, 5.41) is 2.93. The average molecular weight is 289 g/mol. The maximum absolute atomic E-state index is 11.8. The van der Waals surface area contributed by atoms with E-state index in [1.807, 2.05) is 12.1 Å². The van der Waals surface area contributed by atoms with E-state index in [-0.39, 0.29) is 18.6 Å². The number of ether oxygens (including phenoxy) is 1. The highest BCUT2D eigenvalue weighted by atomic mass is 16.5. The molecule has 0 unspecified atom stereocenters. The first kappa shape index (κ1) is 15.5. The maximum atomic E-state index is 11.8. The van der Waals surface area contributed by atoms with E-state index in [9.17, 15) is 9.59 Å². The van der Waals surface area contributed by atoms with Gasteiger partial charge >= 0.3 is 5.97 Å². The number of amides is 1. The van der Waals surface area contributed by atoms with Crippen molar-refractivity contribution in [2.24, 2.45) is 0 Å². The zero-order chi connectivity index (χ0) is 15.1. The second-order valence-corrected chi connectivity index (χ2v) is 5.53. The van der Waals surface area contributed by atoms with Crippen LogP contribution in [0.3, 0.4) is 0 Å². The van der Waals surface area contributed by atoms with Crippen molar-refractivity contribution in [1.29, 1.82) is 0 Å². The molecule has 4 nitrogen and oxygen atoms in total. The lowest BCUT2D eigenvalue weighted by molar-refractivity contribution is -0.125. The van der Waals surface area contributed by atoms with Crippen molar-refractivity contribution in [3.63, 3.8) is 0 Å². The largest absolute Gasteiger partial charge is 0.452 e. The molecule has 1 fully saturated rings. The third-order valence-electron chi connectivity index (χ3n) is 3.90. The molecule has 4 heteroatoms. The molecule has 1 aliphatic carbocycles. The molecule has 2 rings (SSSR count). The van der Waals surface area contributed by atoms with Gasteiger partial charge in [-0.05, 0) is 37.0 Å². The molecule has 114 valence electrons. The van der Waals surface area contributed by atoms with Crippen molar-refractivity contribution in [3.05, 3.63) is 35.4 Å². The quantitative estimate of drug-likeness (QED) is 0.848. The van der Waals surface area contributed by atoms with Gasteiger partial charge in [-0.15, -0.1) is 0 Å². The Hall–Kier alpha value is -1.84. The van der Waals surface area contributed by atoms with E-state index >= 15 is 0 Å². The van der Waals surface area contributed by atoms with Gasteiger partial charge in [-0.25, -0.2) is 4.79 Å². The van der Waals surface area contributed by atoms with Gasteiger partial charge in [0, 0.05) is 6.04 Å². The van der Waals surface area contributed by atoms with Crippen LogP contribution in [0.1, 0.15) is 54.9 Å². The number of carbonyl (C=O) groups excluding carboxylic acids is 2. The van der Waals surface area contributed by atoms with E-state index in [0.29, 0.717) is 5.56 Å². The summed E-state index contributed by atoms with van der Waals surface area (Å²) in [7, 11) is 0. The highest BCUT2D eigenvalue weighted by Crippen LogP contribution is 2.17. The Labute approximate surface area is 125 Å². The zero-order valence-corrected chi connectivity index (χ0v) is 12.6. The second-order valence-electron chi connectivity index (χ2n) is 5.53. The third kappa shape index (κ3) is 4.88. The normalized spacial score (nSPS) is 15.5. The van der Waals surface area contributed by atoms with Gasteiger partial charge in [0.25, 0.3) is 5.91 Å². The average Bonchev–Trinajstić information content (AvgIpc) is 2.53. The molecule has 0 heterocycles. The van der Waals surface area contributed by atoms with Crippen molar-refractivity contribution in [2.75, 3.05) is 6.61 Å². The van der Waals surface area contributed by atoms with E-state index < -0.39 is 5.97 Å². The molecular formula is C17H23NO3. The van der Waals surface area contributed by atoms with Crippen LogP contribution in [-0.2, 0) is 16.0 Å². The Balaban J connectivity index is 1.75. The Morgan fingerprint density at radius 3 is 2.43 bits per heavy atom. The van der Waals surface area contributed by atoms with Crippen molar-refractivity contribution in [3.8, 4) is 0 Å². The number of rotatable bonds is 5. The van der Waals surface area contributed by atoms with Crippen molar-refractivity contribution >= 4 is 11.9 Å². The third-order valence-corrected chi connectivity index (χ3v) is 3.90. The van der Waals surface area contributed by atoms with Gasteiger partial charge in [-0.3, -0.25) is 4.79 Å². The number of carbonyl (C=O) groups is 2. The minimum atomic E-state index is -0.448. The Morgan fingerprint density at radius 1 is 1.14 bits per heavy atom. The summed E-state index contributed by atoms with van der Waals surface area (Å²) >= 11 is 0. The number of hydrogen-bond acceptors (Lipinski definition) is 3. The van der Waals surface area contributed by atoms with Gasteiger partial charge in [-0.2, -0.15) is 0 Å². The molecule has 0 radical (unpaired) electrons. The predicted molar refractivity (Wildman–Crippen MR) is 81.1 cm³/mol. The number of hydrogen-bond donors (Lipinski definition) is 1. The fourth-order valence-corrected chi connectivity index (χ4v) is 2.61. The van der Waals surface area contributed by atoms with Crippen LogP contribution in [0.25, 0.3) is 0 Å². The minimum Gasteiger partial charge on any atom is -0.452 e. The van der Waals surface area contributed by atoms with Crippen molar-refractivity contribution in [2.45, 2.75) is 51.5 Å². The van der Waals surface area contributed by atoms with Gasteiger partial charge in [0.05, 0.1) is 5.56 Å². The first-order chi connectivity index (χ1) is 10.2. The van der Waals surface area contributed by atoms with Gasteiger partial charge in [0.2, 0.25) is 0 Å². The van der Waals surface area contributed by atoms with E-state index in [1.165, 1.54) is 12.0 Å². The molecule has 0 saturated heterocycles. The van der Waals surface area contributed by atoms with Gasteiger partial charge in [0.15, 0.2) is 6.61 Å². The summed E-state index contributed by atoms with van der Waals surface area (Å²) in [6.07, 6.45) is 6.55. The van der Waals surface area contributed by atoms with Crippen LogP contribution in [0.5, 0.6) is 0 Å². The fourth-order valence-electron chi connectivity index (χ4n) is 2.61. The van der Waals surface area contributed by atoms with Crippen LogP contribution < -0.4 is 5.32 Å². The van der Waals surface area contributed by atoms with E-state index in [2.05, 4.69) is 12.2 Å². The van der Waals surface area contributed by atoms with Gasteiger partial charge in [-0.1, -0.05) is 38.3 Å². The summed E-state index contributed by atoms with van der Waals surface area (Å²) in [5.41, 5.74) is 1.65. The van der Waals surface area contributed by atoms with E-state index in [1.54, 1.807) is 12.1 Å². The lowest BCUT2D eigenvalue weighted by Gasteiger charge is -2.22. The highest BCUT2D eigenvalue weighted by molar-refractivity contribution is 5.91. The van der Waals surface area contributed by atoms with Crippen molar-refractivity contribution in [1.82, 2.24) is 5.32 Å². The summed E-state index contributed by atoms with van der Waals surface area (Å²) in [4.78, 5) is 23.6. The van der Waals surface area contributed by atoms with Gasteiger partial charge in [0.1, 0.15) is 0 Å². The monoisotopic (exact) mass is 289 g/mol. The summed E-state index contributed by atoms with van der Waals surface area (Å²) < 4.78 is 5.05. The number of esters is 1. The molecule has 1 saturated carbocycles. The molecule has 21 heavy (non-hydrogen) atoms. The molecule has 0 atom stereocenters. The number of aryl methyl sites for hydroxylation is 1. The molecular weight excluding hydrogens is 266 g/mol. The molecule has 0 aliphatic heterocycles. The predicted octanol–water partition coefficient (Wildman–Crippen LogP) is 2.85. The lowest BCUT2D eigenvalue weighted by atomic mass is 9.95. The SMILES string of the molecule is CCc1ccc(C(=O)OCC(=O)NC2CCCCC2)cc1. The molecule has 1 amide bonds. The van der Waals surface area contributed by atoms with Crippen LogP contribution in [0.15, 0.2) is 24.3 Å². The molecule has 1 aromatic rings. The van der Waals surface area contributed by atoms with Crippen LogP contribution in [0, 0.1) is 0 Å². The Kier molecular flexibility index (Phi) is 5.78. The summed E-state index contributed by atoms with van der Waals surface area (Å²) in [6, 6.07) is 7.52. The highest BCUT2D eigenvalue weighted by Gasteiger charge is 2.16.